The van der Waals surface area contributed by atoms with Crippen molar-refractivity contribution in [2.24, 2.45) is 5.92 Å². The molecule has 1 unspecified atom stereocenters. The third kappa shape index (κ3) is 4.18. The second-order valence-electron chi connectivity index (χ2n) is 5.65. The normalized spacial score (nSPS) is 17.2. The molecule has 3 rings (SSSR count). The van der Waals surface area contributed by atoms with Crippen LogP contribution in [0.3, 0.4) is 0 Å². The molecule has 138 valence electrons. The fourth-order valence-electron chi connectivity index (χ4n) is 2.45. The molecule has 7 nitrogen and oxygen atoms in total. The zero-order valence-corrected chi connectivity index (χ0v) is 17.2. The lowest BCUT2D eigenvalue weighted by atomic mass is 10.1. The third-order valence-electron chi connectivity index (χ3n) is 3.80. The Morgan fingerprint density at radius 3 is 2.46 bits per heavy atom. The number of nitrogens with one attached hydrogen (secondary N) is 1. The molecule has 1 fully saturated rings. The van der Waals surface area contributed by atoms with Gasteiger partial charge in [0.15, 0.2) is 20.3 Å². The lowest BCUT2D eigenvalue weighted by Gasteiger charge is -2.09. The highest BCUT2D eigenvalue weighted by Crippen LogP contribution is 2.27. The zero-order chi connectivity index (χ0) is 18.9. The predicted molar refractivity (Wildman–Crippen MR) is 99.6 cm³/mol. The van der Waals surface area contributed by atoms with Crippen LogP contribution < -0.4 is 5.32 Å². The van der Waals surface area contributed by atoms with Gasteiger partial charge in [-0.05, 0) is 62.5 Å². The van der Waals surface area contributed by atoms with Crippen molar-refractivity contribution in [2.75, 3.05) is 17.7 Å². The molecule has 26 heavy (non-hydrogen) atoms. The minimum absolute atomic E-state index is 0.0821. The van der Waals surface area contributed by atoms with Crippen LogP contribution in [0.1, 0.15) is 17.0 Å². The molecule has 0 aliphatic carbocycles. The maximum absolute atomic E-state index is 12.4. The van der Waals surface area contributed by atoms with Crippen LogP contribution in [-0.2, 0) is 19.4 Å². The highest BCUT2D eigenvalue weighted by Gasteiger charge is 2.32. The number of benzene rings is 1. The van der Waals surface area contributed by atoms with Crippen molar-refractivity contribution in [1.82, 2.24) is 0 Å². The van der Waals surface area contributed by atoms with E-state index in [-0.39, 0.29) is 23.0 Å². The minimum Gasteiger partial charge on any atom is -0.465 e. The molecule has 0 saturated carbocycles. The predicted octanol–water partition coefficient (Wildman–Crippen LogP) is 3.39. The smallest absolute Gasteiger partial charge is 0.310 e. The van der Waals surface area contributed by atoms with E-state index in [4.69, 9.17) is 9.15 Å². The van der Waals surface area contributed by atoms with Gasteiger partial charge >= 0.3 is 5.97 Å². The van der Waals surface area contributed by atoms with Gasteiger partial charge in [-0.3, -0.25) is 9.59 Å². The summed E-state index contributed by atoms with van der Waals surface area (Å²) in [6.45, 7) is 0.253. The molecule has 1 N–H and O–H groups in total. The first-order valence-corrected chi connectivity index (χ1v) is 10.8. The van der Waals surface area contributed by atoms with Crippen molar-refractivity contribution in [1.29, 1.82) is 0 Å². The number of rotatable bonds is 5. The fourth-order valence-corrected chi connectivity index (χ4v) is 4.60. The number of anilines is 1. The monoisotopic (exact) mass is 505 g/mol. The summed E-state index contributed by atoms with van der Waals surface area (Å²) in [5.74, 6) is -1.77. The van der Waals surface area contributed by atoms with E-state index in [2.05, 4.69) is 37.2 Å². The SMILES string of the molecule is O=C(Nc1ccc(S(=O)(=O)CC2CCOC2=O)cc1)c1cc(Br)c(Br)o1. The van der Waals surface area contributed by atoms with Crippen LogP contribution in [-0.4, -0.2) is 32.7 Å². The largest absolute Gasteiger partial charge is 0.465 e. The number of hydrogen-bond acceptors (Lipinski definition) is 6. The number of furan rings is 1. The van der Waals surface area contributed by atoms with Gasteiger partial charge in [-0.15, -0.1) is 0 Å². The van der Waals surface area contributed by atoms with Crippen LogP contribution >= 0.6 is 31.9 Å². The van der Waals surface area contributed by atoms with Crippen LogP contribution in [0.5, 0.6) is 0 Å². The third-order valence-corrected chi connectivity index (χ3v) is 7.35. The molecule has 0 radical (unpaired) electrons. The molecule has 1 atom stereocenters. The lowest BCUT2D eigenvalue weighted by molar-refractivity contribution is -0.140. The van der Waals surface area contributed by atoms with E-state index in [1.54, 1.807) is 0 Å². The van der Waals surface area contributed by atoms with E-state index in [9.17, 15) is 18.0 Å². The Bertz CT molecular complexity index is 932. The summed E-state index contributed by atoms with van der Waals surface area (Å²) in [5, 5.41) is 2.61. The number of ether oxygens (including phenoxy) is 1. The zero-order valence-electron chi connectivity index (χ0n) is 13.2. The number of amides is 1. The summed E-state index contributed by atoms with van der Waals surface area (Å²) in [4.78, 5) is 23.7. The molecule has 0 bridgehead atoms. The van der Waals surface area contributed by atoms with Gasteiger partial charge in [0.2, 0.25) is 0 Å². The van der Waals surface area contributed by atoms with Gasteiger partial charge in [0.1, 0.15) is 0 Å². The van der Waals surface area contributed by atoms with Gasteiger partial charge in [-0.25, -0.2) is 8.42 Å². The van der Waals surface area contributed by atoms with Gasteiger partial charge < -0.3 is 14.5 Å². The van der Waals surface area contributed by atoms with Crippen LogP contribution in [0.15, 0.2) is 48.8 Å². The van der Waals surface area contributed by atoms with Crippen LogP contribution in [0, 0.1) is 5.92 Å². The molecule has 2 aromatic rings. The number of carbonyl (C=O) groups is 2. The first-order chi connectivity index (χ1) is 12.3. The Morgan fingerprint density at radius 2 is 1.92 bits per heavy atom. The van der Waals surface area contributed by atoms with E-state index >= 15 is 0 Å². The first-order valence-electron chi connectivity index (χ1n) is 7.52. The average molecular weight is 507 g/mol. The Labute approximate surface area is 166 Å². The maximum atomic E-state index is 12.4. The molecule has 1 aliphatic heterocycles. The van der Waals surface area contributed by atoms with Gasteiger partial charge in [-0.1, -0.05) is 0 Å². The van der Waals surface area contributed by atoms with E-state index < -0.39 is 27.6 Å². The topological polar surface area (TPSA) is 103 Å². The number of sulfone groups is 1. The van der Waals surface area contributed by atoms with Crippen LogP contribution in [0.4, 0.5) is 5.69 Å². The summed E-state index contributed by atoms with van der Waals surface area (Å²) in [6, 6.07) is 7.24. The van der Waals surface area contributed by atoms with Gasteiger partial charge in [0, 0.05) is 11.8 Å². The molecule has 1 amide bonds. The van der Waals surface area contributed by atoms with Crippen molar-refractivity contribution in [2.45, 2.75) is 11.3 Å². The second-order valence-corrected chi connectivity index (χ2v) is 9.25. The number of carbonyl (C=O) groups excluding carboxylic acids is 2. The van der Waals surface area contributed by atoms with Gasteiger partial charge in [0.25, 0.3) is 5.91 Å². The Kier molecular flexibility index (Phi) is 5.54. The van der Waals surface area contributed by atoms with Crippen molar-refractivity contribution in [3.8, 4) is 0 Å². The van der Waals surface area contributed by atoms with Crippen molar-refractivity contribution in [3.05, 3.63) is 45.2 Å². The molecule has 1 aromatic carbocycles. The van der Waals surface area contributed by atoms with Crippen molar-refractivity contribution < 1.29 is 27.2 Å². The highest BCUT2D eigenvalue weighted by molar-refractivity contribution is 9.13. The van der Waals surface area contributed by atoms with Gasteiger partial charge in [-0.2, -0.15) is 0 Å². The molecule has 2 heterocycles. The summed E-state index contributed by atoms with van der Waals surface area (Å²) in [6.07, 6.45) is 0.403. The Hall–Kier alpha value is -1.65. The van der Waals surface area contributed by atoms with E-state index in [1.807, 2.05) is 0 Å². The number of hydrogen-bond donors (Lipinski definition) is 1. The molecule has 10 heteroatoms. The van der Waals surface area contributed by atoms with E-state index in [1.165, 1.54) is 30.3 Å². The van der Waals surface area contributed by atoms with Crippen molar-refractivity contribution in [3.63, 3.8) is 0 Å². The lowest BCUT2D eigenvalue weighted by Crippen LogP contribution is -2.20. The summed E-state index contributed by atoms with van der Waals surface area (Å²) in [5.41, 5.74) is 0.415. The average Bonchev–Trinajstić information content (AvgIpc) is 3.14. The minimum atomic E-state index is -3.62. The van der Waals surface area contributed by atoms with Gasteiger partial charge in [0.05, 0.1) is 27.6 Å². The Morgan fingerprint density at radius 1 is 1.23 bits per heavy atom. The van der Waals surface area contributed by atoms with Crippen molar-refractivity contribution >= 4 is 59.3 Å². The molecule has 1 saturated heterocycles. The fraction of sp³-hybridized carbons (Fsp3) is 0.250. The summed E-state index contributed by atoms with van der Waals surface area (Å²) >= 11 is 6.37. The highest BCUT2D eigenvalue weighted by atomic mass is 79.9. The number of cyclic esters (lactones) is 1. The van der Waals surface area contributed by atoms with E-state index in [0.29, 0.717) is 21.3 Å². The maximum Gasteiger partial charge on any atom is 0.310 e. The quantitative estimate of drug-likeness (QED) is 0.623. The molecular weight excluding hydrogens is 494 g/mol. The molecular formula is C16H13Br2NO6S. The molecule has 1 aliphatic rings. The summed E-state index contributed by atoms with van der Waals surface area (Å²) in [7, 11) is -3.62. The first kappa shape index (κ1) is 19.1. The Balaban J connectivity index is 1.69. The number of esters is 1. The van der Waals surface area contributed by atoms with Crippen LogP contribution in [0.2, 0.25) is 0 Å². The molecule has 0 spiro atoms. The number of halogens is 2. The second kappa shape index (κ2) is 7.53. The van der Waals surface area contributed by atoms with Crippen LogP contribution in [0.25, 0.3) is 0 Å². The molecule has 1 aromatic heterocycles. The summed E-state index contributed by atoms with van der Waals surface area (Å²) < 4.78 is 35.8. The standard InChI is InChI=1S/C16H13Br2NO6S/c17-12-7-13(25-14(12)18)15(20)19-10-1-3-11(4-2-10)26(22,23)8-9-5-6-24-16(9)21/h1-4,7,9H,5-6,8H2,(H,19,20). The van der Waals surface area contributed by atoms with E-state index in [0.717, 1.165) is 0 Å².